The van der Waals surface area contributed by atoms with Gasteiger partial charge < -0.3 is 5.32 Å². The van der Waals surface area contributed by atoms with Gasteiger partial charge in [0.15, 0.2) is 0 Å². The van der Waals surface area contributed by atoms with Gasteiger partial charge >= 0.3 is 0 Å². The third kappa shape index (κ3) is 5.47. The molecule has 1 aliphatic rings. The number of aromatic nitrogens is 4. The van der Waals surface area contributed by atoms with Gasteiger partial charge in [-0.3, -0.25) is 19.9 Å². The van der Waals surface area contributed by atoms with Crippen LogP contribution in [0.5, 0.6) is 0 Å². The lowest BCUT2D eigenvalue weighted by molar-refractivity contribution is -0.119. The van der Waals surface area contributed by atoms with Crippen molar-refractivity contribution in [3.05, 3.63) is 90.0 Å². The molecule has 0 spiro atoms. The number of fused-ring (bicyclic) bond motifs is 1. The molecule has 0 radical (unpaired) electrons. The highest BCUT2D eigenvalue weighted by molar-refractivity contribution is 7.15. The van der Waals surface area contributed by atoms with Crippen molar-refractivity contribution in [1.82, 2.24) is 20.2 Å². The van der Waals surface area contributed by atoms with Crippen LogP contribution in [0.25, 0.3) is 32.5 Å². The number of carbonyl (C=O) groups is 1. The largest absolute Gasteiger partial charge is 0.324 e. The molecule has 41 heavy (non-hydrogen) atoms. The van der Waals surface area contributed by atoms with Crippen LogP contribution in [0.1, 0.15) is 48.7 Å². The fourth-order valence-electron chi connectivity index (χ4n) is 5.55. The second-order valence-electron chi connectivity index (χ2n) is 10.4. The summed E-state index contributed by atoms with van der Waals surface area (Å²) in [7, 11) is 0. The van der Waals surface area contributed by atoms with Crippen molar-refractivity contribution in [2.45, 2.75) is 46.0 Å². The minimum Gasteiger partial charge on any atom is -0.324 e. The molecule has 0 saturated heterocycles. The molecule has 2 N–H and O–H groups in total. The van der Waals surface area contributed by atoms with Gasteiger partial charge in [-0.1, -0.05) is 32.4 Å². The predicted octanol–water partition coefficient (Wildman–Crippen LogP) is 8.05. The minimum absolute atomic E-state index is 0.0834. The molecular formula is C33H32N6OS. The third-order valence-electron chi connectivity index (χ3n) is 7.70. The molecule has 1 aromatic carbocycles. The van der Waals surface area contributed by atoms with Crippen LogP contribution < -0.4 is 5.32 Å². The normalized spacial score (nSPS) is 14.0. The van der Waals surface area contributed by atoms with Crippen molar-refractivity contribution in [3.8, 4) is 21.6 Å². The van der Waals surface area contributed by atoms with Crippen molar-refractivity contribution in [2.24, 2.45) is 10.9 Å². The Kier molecular flexibility index (Phi) is 7.57. The average Bonchev–Trinajstić information content (AvgIpc) is 3.77. The van der Waals surface area contributed by atoms with Crippen molar-refractivity contribution in [1.29, 1.82) is 0 Å². The van der Waals surface area contributed by atoms with Gasteiger partial charge in [-0.2, -0.15) is 5.10 Å². The molecule has 4 aromatic heterocycles. The number of aryl methyl sites for hydroxylation is 1. The van der Waals surface area contributed by atoms with E-state index in [0.29, 0.717) is 11.4 Å². The van der Waals surface area contributed by atoms with Gasteiger partial charge in [0, 0.05) is 44.6 Å². The number of allylic oxidation sites excluding steroid dienone is 1. The number of nitrogens with zero attached hydrogens (tertiary/aromatic N) is 4. The maximum Gasteiger partial charge on any atom is 0.227 e. The Morgan fingerprint density at radius 1 is 1.10 bits per heavy atom. The van der Waals surface area contributed by atoms with Gasteiger partial charge in [0.1, 0.15) is 5.69 Å². The number of hydrogen-bond donors (Lipinski definition) is 2. The zero-order valence-electron chi connectivity index (χ0n) is 23.3. The molecule has 6 rings (SSSR count). The number of pyridine rings is 2. The number of nitrogens with one attached hydrogen (secondary N) is 2. The lowest BCUT2D eigenvalue weighted by Crippen LogP contribution is -2.20. The first-order chi connectivity index (χ1) is 20.0. The summed E-state index contributed by atoms with van der Waals surface area (Å²) in [4.78, 5) is 29.1. The lowest BCUT2D eigenvalue weighted by Gasteiger charge is -2.11. The first-order valence-corrected chi connectivity index (χ1v) is 14.8. The van der Waals surface area contributed by atoms with E-state index >= 15 is 0 Å². The highest BCUT2D eigenvalue weighted by Crippen LogP contribution is 2.35. The van der Waals surface area contributed by atoms with Gasteiger partial charge in [-0.05, 0) is 73.7 Å². The zero-order valence-corrected chi connectivity index (χ0v) is 24.1. The standard InChI is InChI=1S/C33H32N6OS/c1-4-25-27(31-13-10-20(3)41-31)18-35-19-30(25)37-28(5-2)32-26-15-22(11-12-29(26)38-39-32)23-14-24(17-34-16-23)36-33(40)21-8-6-7-9-21/h5,10-19,21H,2,4,6-9H2,1,3H3,(H,36,40)(H,38,39). The topological polar surface area (TPSA) is 95.9 Å². The lowest BCUT2D eigenvalue weighted by atomic mass is 10.0. The van der Waals surface area contributed by atoms with E-state index in [2.05, 4.69) is 64.1 Å². The first-order valence-electron chi connectivity index (χ1n) is 14.0. The number of benzene rings is 1. The van der Waals surface area contributed by atoms with E-state index in [1.165, 1.54) is 9.75 Å². The molecule has 0 bridgehead atoms. The van der Waals surface area contributed by atoms with E-state index in [4.69, 9.17) is 4.99 Å². The molecule has 5 aromatic rings. The highest BCUT2D eigenvalue weighted by atomic mass is 32.1. The maximum absolute atomic E-state index is 12.7. The van der Waals surface area contributed by atoms with Crippen LogP contribution >= 0.6 is 11.3 Å². The first kappa shape index (κ1) is 26.8. The van der Waals surface area contributed by atoms with Crippen molar-refractivity contribution < 1.29 is 4.79 Å². The molecular weight excluding hydrogens is 528 g/mol. The Morgan fingerprint density at radius 3 is 2.68 bits per heavy atom. The summed E-state index contributed by atoms with van der Waals surface area (Å²) in [5.41, 5.74) is 7.94. The number of aromatic amines is 1. The number of aliphatic imine (C=N–C) groups is 1. The minimum atomic E-state index is 0.0834. The van der Waals surface area contributed by atoms with E-state index in [9.17, 15) is 4.79 Å². The van der Waals surface area contributed by atoms with Crippen LogP contribution in [-0.2, 0) is 11.2 Å². The van der Waals surface area contributed by atoms with Crippen LogP contribution in [0.4, 0.5) is 11.4 Å². The van der Waals surface area contributed by atoms with Gasteiger partial charge in [0.05, 0.1) is 35.0 Å². The molecule has 7 nitrogen and oxygen atoms in total. The van der Waals surface area contributed by atoms with Crippen molar-refractivity contribution in [2.75, 3.05) is 5.32 Å². The van der Waals surface area contributed by atoms with Gasteiger partial charge in [-0.15, -0.1) is 11.3 Å². The second kappa shape index (κ2) is 11.6. The number of hydrogen-bond acceptors (Lipinski definition) is 6. The molecule has 1 fully saturated rings. The predicted molar refractivity (Wildman–Crippen MR) is 168 cm³/mol. The maximum atomic E-state index is 12.7. The van der Waals surface area contributed by atoms with E-state index in [1.807, 2.05) is 36.8 Å². The van der Waals surface area contributed by atoms with E-state index in [-0.39, 0.29) is 11.8 Å². The quantitative estimate of drug-likeness (QED) is 0.188. The van der Waals surface area contributed by atoms with E-state index in [1.54, 1.807) is 23.6 Å². The molecule has 0 unspecified atom stereocenters. The summed E-state index contributed by atoms with van der Waals surface area (Å²) < 4.78 is 0. The van der Waals surface area contributed by atoms with Crippen LogP contribution in [0.15, 0.2) is 78.8 Å². The van der Waals surface area contributed by atoms with Crippen LogP contribution in [0.2, 0.25) is 0 Å². The van der Waals surface area contributed by atoms with Crippen LogP contribution in [0, 0.1) is 12.8 Å². The van der Waals surface area contributed by atoms with Crippen LogP contribution in [-0.4, -0.2) is 31.8 Å². The van der Waals surface area contributed by atoms with E-state index in [0.717, 1.165) is 76.6 Å². The second-order valence-corrected chi connectivity index (χ2v) is 11.7. The molecule has 1 saturated carbocycles. The summed E-state index contributed by atoms with van der Waals surface area (Å²) in [5.74, 6) is 0.179. The fourth-order valence-corrected chi connectivity index (χ4v) is 6.45. The summed E-state index contributed by atoms with van der Waals surface area (Å²) in [6.45, 7) is 8.31. The Morgan fingerprint density at radius 2 is 1.93 bits per heavy atom. The molecule has 206 valence electrons. The van der Waals surface area contributed by atoms with E-state index < -0.39 is 0 Å². The average molecular weight is 561 g/mol. The molecule has 8 heteroatoms. The number of anilines is 1. The van der Waals surface area contributed by atoms with Gasteiger partial charge in [0.2, 0.25) is 5.91 Å². The fraction of sp³-hybridized carbons (Fsp3) is 0.242. The Hall–Kier alpha value is -4.43. The molecule has 1 amide bonds. The SMILES string of the molecule is C=CC(=Nc1cncc(-c2ccc(C)s2)c1CC)c1n[nH]c2ccc(-c3cncc(NC(=O)C4CCCC4)c3)cc12. The summed E-state index contributed by atoms with van der Waals surface area (Å²) >= 11 is 1.76. The summed E-state index contributed by atoms with van der Waals surface area (Å²) in [6.07, 6.45) is 14.0. The Balaban J connectivity index is 1.35. The smallest absolute Gasteiger partial charge is 0.227 e. The number of H-pyrrole nitrogens is 1. The Labute approximate surface area is 243 Å². The molecule has 4 heterocycles. The van der Waals surface area contributed by atoms with Crippen LogP contribution in [0.3, 0.4) is 0 Å². The summed E-state index contributed by atoms with van der Waals surface area (Å²) in [6, 6.07) is 12.4. The van der Waals surface area contributed by atoms with Gasteiger partial charge in [0.25, 0.3) is 0 Å². The summed E-state index contributed by atoms with van der Waals surface area (Å²) in [5, 5.41) is 11.8. The monoisotopic (exact) mass is 560 g/mol. The van der Waals surface area contributed by atoms with Crippen molar-refractivity contribution in [3.63, 3.8) is 0 Å². The molecule has 0 aliphatic heterocycles. The number of rotatable bonds is 8. The van der Waals surface area contributed by atoms with Gasteiger partial charge in [-0.25, -0.2) is 4.99 Å². The third-order valence-corrected chi connectivity index (χ3v) is 8.73. The number of amides is 1. The number of thiophene rings is 1. The highest BCUT2D eigenvalue weighted by Gasteiger charge is 2.23. The molecule has 1 aliphatic carbocycles. The Bertz CT molecular complexity index is 1780. The van der Waals surface area contributed by atoms with Crippen molar-refractivity contribution >= 4 is 45.2 Å². The number of carbonyl (C=O) groups excluding carboxylic acids is 1. The zero-order chi connectivity index (χ0) is 28.3. The molecule has 0 atom stereocenters.